The minimum atomic E-state index is -0.286. The van der Waals surface area contributed by atoms with Gasteiger partial charge in [0.2, 0.25) is 0 Å². The molecule has 0 bridgehead atoms. The maximum atomic E-state index is 9.70. The van der Waals surface area contributed by atoms with E-state index in [1.165, 1.54) is 0 Å². The van der Waals surface area contributed by atoms with E-state index in [0.29, 0.717) is 6.54 Å². The van der Waals surface area contributed by atoms with Crippen molar-refractivity contribution in [2.75, 3.05) is 80.7 Å². The summed E-state index contributed by atoms with van der Waals surface area (Å²) in [6.07, 6.45) is -0.501. The van der Waals surface area contributed by atoms with Crippen LogP contribution < -0.4 is 5.32 Å². The van der Waals surface area contributed by atoms with Gasteiger partial charge in [-0.05, 0) is 21.1 Å². The van der Waals surface area contributed by atoms with Gasteiger partial charge in [0, 0.05) is 58.5 Å². The largest absolute Gasteiger partial charge is 0.395 e. The number of ether oxygens (including phenoxy) is 1. The summed E-state index contributed by atoms with van der Waals surface area (Å²) >= 11 is 0. The number of rotatable bonds is 7. The van der Waals surface area contributed by atoms with E-state index in [9.17, 15) is 10.2 Å². The number of hydrogen-bond acceptors (Lipinski definition) is 8. The second-order valence-corrected chi connectivity index (χ2v) is 6.90. The lowest BCUT2D eigenvalue weighted by molar-refractivity contribution is 0.0781. The fourth-order valence-electron chi connectivity index (χ4n) is 3.22. The molecule has 144 valence electrons. The van der Waals surface area contributed by atoms with Crippen molar-refractivity contribution in [2.45, 2.75) is 24.3 Å². The maximum absolute atomic E-state index is 9.70. The molecule has 0 radical (unpaired) electrons. The molecule has 8 heteroatoms. The van der Waals surface area contributed by atoms with Crippen LogP contribution in [0.4, 0.5) is 0 Å². The number of likely N-dealkylation sites (tertiary alicyclic amines) is 2. The second-order valence-electron chi connectivity index (χ2n) is 6.90. The zero-order valence-corrected chi connectivity index (χ0v) is 15.6. The van der Waals surface area contributed by atoms with Gasteiger partial charge in [-0.25, -0.2) is 0 Å². The molecule has 8 nitrogen and oxygen atoms in total. The van der Waals surface area contributed by atoms with Crippen molar-refractivity contribution in [1.29, 1.82) is 0 Å². The quantitative estimate of drug-likeness (QED) is 0.401. The summed E-state index contributed by atoms with van der Waals surface area (Å²) in [6, 6.07) is 0.396. The molecule has 0 aromatic rings. The van der Waals surface area contributed by atoms with Gasteiger partial charge < -0.3 is 35.2 Å². The van der Waals surface area contributed by atoms with Gasteiger partial charge in [0.1, 0.15) is 0 Å². The molecule has 2 aliphatic heterocycles. The first-order valence-corrected chi connectivity index (χ1v) is 8.65. The van der Waals surface area contributed by atoms with Gasteiger partial charge >= 0.3 is 0 Å². The third-order valence-corrected chi connectivity index (χ3v) is 4.65. The molecule has 0 spiro atoms. The predicted octanol–water partition coefficient (Wildman–Crippen LogP) is -2.52. The van der Waals surface area contributed by atoms with Gasteiger partial charge in [0.15, 0.2) is 0 Å². The lowest BCUT2D eigenvalue weighted by Crippen LogP contribution is -2.42. The topological polar surface area (TPSA) is 91.7 Å². The number of nitrogens with one attached hydrogen (secondary N) is 1. The molecule has 2 saturated heterocycles. The normalized spacial score (nSPS) is 31.5. The molecule has 0 aromatic heterocycles. The number of hydrogen-bond donors (Lipinski definition) is 4. The van der Waals surface area contributed by atoms with Crippen LogP contribution in [-0.2, 0) is 4.74 Å². The molecule has 0 aliphatic carbocycles. The molecule has 2 aliphatic rings. The maximum Gasteiger partial charge on any atom is 0.0834 e. The third-order valence-electron chi connectivity index (χ3n) is 4.65. The summed E-state index contributed by atoms with van der Waals surface area (Å²) in [5.74, 6) is 0. The number of methoxy groups -OCH3 is 1. The van der Waals surface area contributed by atoms with Gasteiger partial charge in [-0.2, -0.15) is 0 Å². The van der Waals surface area contributed by atoms with E-state index < -0.39 is 0 Å². The highest BCUT2D eigenvalue weighted by Gasteiger charge is 2.31. The molecule has 24 heavy (non-hydrogen) atoms. The van der Waals surface area contributed by atoms with E-state index in [1.807, 2.05) is 21.1 Å². The molecule has 0 saturated carbocycles. The Hall–Kier alpha value is -0.320. The van der Waals surface area contributed by atoms with Crippen LogP contribution in [0.1, 0.15) is 0 Å². The van der Waals surface area contributed by atoms with Crippen molar-refractivity contribution in [3.63, 3.8) is 0 Å². The van der Waals surface area contributed by atoms with Gasteiger partial charge in [-0.3, -0.25) is 4.90 Å². The number of aliphatic hydroxyl groups excluding tert-OH is 3. The summed E-state index contributed by atoms with van der Waals surface area (Å²) in [7, 11) is 7.74. The summed E-state index contributed by atoms with van der Waals surface area (Å²) in [4.78, 5) is 6.38. The van der Waals surface area contributed by atoms with Crippen LogP contribution in [0.5, 0.6) is 0 Å². The van der Waals surface area contributed by atoms with Crippen LogP contribution in [0.2, 0.25) is 0 Å². The molecule has 2 heterocycles. The second kappa shape index (κ2) is 11.3. The fourth-order valence-corrected chi connectivity index (χ4v) is 3.22. The third kappa shape index (κ3) is 7.28. The Morgan fingerprint density at radius 1 is 1.08 bits per heavy atom. The number of likely N-dealkylation sites (N-methyl/N-ethyl adjacent to an activating group) is 3. The zero-order valence-electron chi connectivity index (χ0n) is 15.6. The Kier molecular flexibility index (Phi) is 10.3. The van der Waals surface area contributed by atoms with E-state index in [1.54, 1.807) is 7.11 Å². The zero-order chi connectivity index (χ0) is 18.1. The molecular weight excluding hydrogens is 312 g/mol. The Labute approximate surface area is 146 Å². The predicted molar refractivity (Wildman–Crippen MR) is 94.2 cm³/mol. The minimum Gasteiger partial charge on any atom is -0.395 e. The smallest absolute Gasteiger partial charge is 0.0834 e. The molecule has 2 fully saturated rings. The Balaban J connectivity index is 0.000000243. The summed E-state index contributed by atoms with van der Waals surface area (Å²) in [5.41, 5.74) is 0. The summed E-state index contributed by atoms with van der Waals surface area (Å²) < 4.78 is 5.00. The minimum absolute atomic E-state index is 0.132. The van der Waals surface area contributed by atoms with Crippen LogP contribution in [-0.4, -0.2) is 135 Å². The van der Waals surface area contributed by atoms with Crippen LogP contribution in [0.3, 0.4) is 0 Å². The van der Waals surface area contributed by atoms with Crippen LogP contribution in [0, 0.1) is 0 Å². The SMILES string of the molecule is CN1C[C@H](NCCO)[C@@H](O)C1.COCCN(C)[C@H]1CN(C)C[C@@H]1O. The Morgan fingerprint density at radius 3 is 2.17 bits per heavy atom. The van der Waals surface area contributed by atoms with Gasteiger partial charge in [0.25, 0.3) is 0 Å². The molecule has 4 atom stereocenters. The van der Waals surface area contributed by atoms with Crippen LogP contribution >= 0.6 is 0 Å². The first kappa shape index (κ1) is 21.7. The monoisotopic (exact) mass is 348 g/mol. The lowest BCUT2D eigenvalue weighted by atomic mass is 10.2. The van der Waals surface area contributed by atoms with Gasteiger partial charge in [-0.15, -0.1) is 0 Å². The Bertz CT molecular complexity index is 337. The van der Waals surface area contributed by atoms with E-state index in [4.69, 9.17) is 9.84 Å². The first-order valence-electron chi connectivity index (χ1n) is 8.65. The van der Waals surface area contributed by atoms with Crippen LogP contribution in [0.25, 0.3) is 0 Å². The highest BCUT2D eigenvalue weighted by Crippen LogP contribution is 2.12. The average Bonchev–Trinajstić information content (AvgIpc) is 3.04. The van der Waals surface area contributed by atoms with E-state index in [-0.39, 0.29) is 30.9 Å². The van der Waals surface area contributed by atoms with Gasteiger partial charge in [-0.1, -0.05) is 0 Å². The van der Waals surface area contributed by atoms with Crippen molar-refractivity contribution in [2.24, 2.45) is 0 Å². The lowest BCUT2D eigenvalue weighted by Gasteiger charge is -2.25. The van der Waals surface area contributed by atoms with Crippen LogP contribution in [0.15, 0.2) is 0 Å². The highest BCUT2D eigenvalue weighted by atomic mass is 16.5. The number of nitrogens with zero attached hydrogens (tertiary/aromatic N) is 3. The Morgan fingerprint density at radius 2 is 1.71 bits per heavy atom. The van der Waals surface area contributed by atoms with Crippen molar-refractivity contribution in [1.82, 2.24) is 20.0 Å². The number of aliphatic hydroxyl groups is 3. The molecular formula is C16H36N4O4. The molecule has 2 rings (SSSR count). The van der Waals surface area contributed by atoms with E-state index in [2.05, 4.69) is 20.0 Å². The van der Waals surface area contributed by atoms with Gasteiger partial charge in [0.05, 0.1) is 25.4 Å². The molecule has 0 unspecified atom stereocenters. The number of β-amino-alcohol motifs (C(OH)–C–C–N with tert-alkyl or cyclic N) is 2. The van der Waals surface area contributed by atoms with E-state index >= 15 is 0 Å². The molecule has 0 amide bonds. The van der Waals surface area contributed by atoms with Crippen molar-refractivity contribution in [3.05, 3.63) is 0 Å². The van der Waals surface area contributed by atoms with E-state index in [0.717, 1.165) is 39.3 Å². The molecule has 4 N–H and O–H groups in total. The van der Waals surface area contributed by atoms with Crippen molar-refractivity contribution in [3.8, 4) is 0 Å². The summed E-state index contributed by atoms with van der Waals surface area (Å²) in [5, 5.41) is 30.7. The standard InChI is InChI=1S/C9H20N2O2.C7H16N2O2/c1-10-6-8(9(12)7-10)11(2)4-5-13-3;1-9-4-6(7(11)5-9)8-2-3-10/h8-9,12H,4-7H2,1-3H3;6-8,10-11H,2-5H2,1H3/t8-,9-;6-,7-/m00/s1. The average molecular weight is 348 g/mol. The van der Waals surface area contributed by atoms with Crippen molar-refractivity contribution < 1.29 is 20.1 Å². The van der Waals surface area contributed by atoms with Crippen molar-refractivity contribution >= 4 is 0 Å². The highest BCUT2D eigenvalue weighted by molar-refractivity contribution is 4.88. The first-order chi connectivity index (χ1) is 11.4. The summed E-state index contributed by atoms with van der Waals surface area (Å²) in [6.45, 7) is 5.62. The fraction of sp³-hybridized carbons (Fsp3) is 1.00. The molecule has 0 aromatic carbocycles.